The molecule has 0 unspecified atom stereocenters. The van der Waals surface area contributed by atoms with E-state index < -0.39 is 0 Å². The minimum Gasteiger partial charge on any atom is -0.462 e. The van der Waals surface area contributed by atoms with Crippen molar-refractivity contribution in [2.24, 2.45) is 0 Å². The van der Waals surface area contributed by atoms with Gasteiger partial charge in [0.25, 0.3) is 0 Å². The van der Waals surface area contributed by atoms with Crippen LogP contribution in [0.4, 0.5) is 5.69 Å². The molecule has 0 fully saturated rings. The second kappa shape index (κ2) is 7.44. The lowest BCUT2D eigenvalue weighted by Crippen LogP contribution is -2.07. The second-order valence-corrected chi connectivity index (χ2v) is 6.17. The van der Waals surface area contributed by atoms with Crippen LogP contribution >= 0.6 is 0 Å². The lowest BCUT2D eigenvalue weighted by Gasteiger charge is -2.11. The molecule has 5 nitrogen and oxygen atoms in total. The van der Waals surface area contributed by atoms with Crippen molar-refractivity contribution in [3.05, 3.63) is 75.1 Å². The summed E-state index contributed by atoms with van der Waals surface area (Å²) in [4.78, 5) is 23.5. The van der Waals surface area contributed by atoms with Crippen molar-refractivity contribution in [3.63, 3.8) is 0 Å². The predicted molar refractivity (Wildman–Crippen MR) is 102 cm³/mol. The average molecular weight is 351 g/mol. The lowest BCUT2D eigenvalue weighted by atomic mass is 10.0. The van der Waals surface area contributed by atoms with Crippen LogP contribution in [0.25, 0.3) is 11.0 Å². The number of hydrogen-bond acceptors (Lipinski definition) is 5. The Labute approximate surface area is 151 Å². The number of carbonyl (C=O) groups excluding carboxylic acids is 1. The van der Waals surface area contributed by atoms with Gasteiger partial charge in [0.15, 0.2) is 0 Å². The first kappa shape index (κ1) is 17.7. The third-order valence-electron chi connectivity index (χ3n) is 4.32. The van der Waals surface area contributed by atoms with Crippen molar-refractivity contribution in [2.45, 2.75) is 27.3 Å². The molecule has 0 saturated heterocycles. The number of benzene rings is 2. The number of anilines is 1. The van der Waals surface area contributed by atoms with E-state index in [-0.39, 0.29) is 11.6 Å². The summed E-state index contributed by atoms with van der Waals surface area (Å²) in [5.41, 5.74) is 4.68. The Bertz CT molecular complexity index is 1000. The second-order valence-electron chi connectivity index (χ2n) is 6.17. The minimum atomic E-state index is -0.366. The van der Waals surface area contributed by atoms with Gasteiger partial charge in [0, 0.05) is 23.7 Å². The van der Waals surface area contributed by atoms with Crippen LogP contribution < -0.4 is 10.9 Å². The van der Waals surface area contributed by atoms with E-state index in [1.54, 1.807) is 19.1 Å². The zero-order valence-corrected chi connectivity index (χ0v) is 15.1. The molecule has 5 heteroatoms. The van der Waals surface area contributed by atoms with E-state index in [0.717, 1.165) is 27.8 Å². The summed E-state index contributed by atoms with van der Waals surface area (Å²) in [6.45, 7) is 6.62. The molecule has 1 aromatic heterocycles. The summed E-state index contributed by atoms with van der Waals surface area (Å²) in [6, 6.07) is 12.5. The monoisotopic (exact) mass is 351 g/mol. The third-order valence-corrected chi connectivity index (χ3v) is 4.32. The highest BCUT2D eigenvalue weighted by Crippen LogP contribution is 2.22. The topological polar surface area (TPSA) is 68.5 Å². The Kier molecular flexibility index (Phi) is 5.07. The first-order valence-corrected chi connectivity index (χ1v) is 8.53. The summed E-state index contributed by atoms with van der Waals surface area (Å²) in [7, 11) is 0. The molecule has 134 valence electrons. The van der Waals surface area contributed by atoms with Gasteiger partial charge in [-0.2, -0.15) is 0 Å². The van der Waals surface area contributed by atoms with E-state index in [9.17, 15) is 9.59 Å². The van der Waals surface area contributed by atoms with Crippen molar-refractivity contribution in [1.29, 1.82) is 0 Å². The van der Waals surface area contributed by atoms with Gasteiger partial charge >= 0.3 is 11.6 Å². The number of nitrogens with one attached hydrogen (secondary N) is 1. The Hall–Kier alpha value is -3.08. The van der Waals surface area contributed by atoms with E-state index >= 15 is 0 Å². The summed E-state index contributed by atoms with van der Waals surface area (Å²) in [5, 5.41) is 4.20. The van der Waals surface area contributed by atoms with Gasteiger partial charge in [0.2, 0.25) is 0 Å². The summed E-state index contributed by atoms with van der Waals surface area (Å²) < 4.78 is 10.3. The van der Waals surface area contributed by atoms with Gasteiger partial charge in [-0.15, -0.1) is 0 Å². The van der Waals surface area contributed by atoms with Crippen LogP contribution in [-0.2, 0) is 11.3 Å². The maximum absolute atomic E-state index is 11.8. The normalized spacial score (nSPS) is 10.7. The molecular formula is C21H21NO4. The van der Waals surface area contributed by atoms with Crippen molar-refractivity contribution in [2.75, 3.05) is 11.9 Å². The van der Waals surface area contributed by atoms with Gasteiger partial charge < -0.3 is 14.5 Å². The molecule has 1 heterocycles. The van der Waals surface area contributed by atoms with Crippen LogP contribution in [0.15, 0.2) is 51.7 Å². The highest BCUT2D eigenvalue weighted by molar-refractivity contribution is 5.89. The molecule has 1 N–H and O–H groups in total. The highest BCUT2D eigenvalue weighted by atomic mass is 16.5. The van der Waals surface area contributed by atoms with Crippen LogP contribution in [0.2, 0.25) is 0 Å². The maximum atomic E-state index is 11.8. The Morgan fingerprint density at radius 2 is 1.77 bits per heavy atom. The Morgan fingerprint density at radius 3 is 2.46 bits per heavy atom. The molecule has 0 aliphatic carbocycles. The lowest BCUT2D eigenvalue weighted by molar-refractivity contribution is 0.0526. The molecule has 3 rings (SSSR count). The summed E-state index contributed by atoms with van der Waals surface area (Å²) >= 11 is 0. The average Bonchev–Trinajstić information content (AvgIpc) is 2.62. The quantitative estimate of drug-likeness (QED) is 0.551. The fraction of sp³-hybridized carbons (Fsp3) is 0.238. The first-order valence-electron chi connectivity index (χ1n) is 8.53. The van der Waals surface area contributed by atoms with Crippen molar-refractivity contribution in [1.82, 2.24) is 0 Å². The van der Waals surface area contributed by atoms with Crippen molar-refractivity contribution < 1.29 is 13.9 Å². The molecule has 2 aromatic carbocycles. The van der Waals surface area contributed by atoms with Crippen LogP contribution in [0, 0.1) is 13.8 Å². The van der Waals surface area contributed by atoms with Crippen molar-refractivity contribution >= 4 is 22.6 Å². The van der Waals surface area contributed by atoms with Crippen molar-refractivity contribution in [3.8, 4) is 0 Å². The summed E-state index contributed by atoms with van der Waals surface area (Å²) in [6.07, 6.45) is 0. The van der Waals surface area contributed by atoms with Gasteiger partial charge in [0.05, 0.1) is 12.2 Å². The van der Waals surface area contributed by atoms with Gasteiger partial charge in [-0.25, -0.2) is 9.59 Å². The highest BCUT2D eigenvalue weighted by Gasteiger charge is 2.09. The van der Waals surface area contributed by atoms with E-state index in [1.165, 1.54) is 6.07 Å². The molecule has 0 aliphatic heterocycles. The molecular weight excluding hydrogens is 330 g/mol. The van der Waals surface area contributed by atoms with Crippen LogP contribution in [0.5, 0.6) is 0 Å². The van der Waals surface area contributed by atoms with Crippen LogP contribution in [-0.4, -0.2) is 12.6 Å². The van der Waals surface area contributed by atoms with Gasteiger partial charge in [-0.05, 0) is 73.9 Å². The largest absolute Gasteiger partial charge is 0.462 e. The number of ether oxygens (including phenoxy) is 1. The van der Waals surface area contributed by atoms with E-state index in [0.29, 0.717) is 24.3 Å². The SMILES string of the molecule is CCOC(=O)c1ccc(NCc2cc(=O)oc3cc(C)c(C)cc23)cc1. The summed E-state index contributed by atoms with van der Waals surface area (Å²) in [5.74, 6) is -0.337. The molecule has 0 aliphatic rings. The molecule has 0 amide bonds. The number of carbonyl (C=O) groups is 1. The molecule has 26 heavy (non-hydrogen) atoms. The molecule has 0 bridgehead atoms. The molecule has 0 atom stereocenters. The molecule has 0 radical (unpaired) electrons. The van der Waals surface area contributed by atoms with Crippen LogP contribution in [0.3, 0.4) is 0 Å². The predicted octanol–water partition coefficient (Wildman–Crippen LogP) is 4.20. The number of esters is 1. The van der Waals surface area contributed by atoms with Crippen LogP contribution in [0.1, 0.15) is 34.0 Å². The standard InChI is InChI=1S/C21H21NO4/c1-4-25-21(24)15-5-7-17(8-6-15)22-12-16-11-20(23)26-19-10-14(3)13(2)9-18(16)19/h5-11,22H,4,12H2,1-3H3. The minimum absolute atomic E-state index is 0.337. The number of rotatable bonds is 5. The Balaban J connectivity index is 1.82. The maximum Gasteiger partial charge on any atom is 0.338 e. The zero-order valence-electron chi connectivity index (χ0n) is 15.1. The van der Waals surface area contributed by atoms with E-state index in [4.69, 9.17) is 9.15 Å². The third kappa shape index (κ3) is 3.77. The molecule has 0 spiro atoms. The number of hydrogen-bond donors (Lipinski definition) is 1. The fourth-order valence-corrected chi connectivity index (χ4v) is 2.77. The smallest absolute Gasteiger partial charge is 0.338 e. The Morgan fingerprint density at radius 1 is 1.08 bits per heavy atom. The molecule has 3 aromatic rings. The number of aryl methyl sites for hydroxylation is 2. The van der Waals surface area contributed by atoms with Gasteiger partial charge in [-0.3, -0.25) is 0 Å². The zero-order chi connectivity index (χ0) is 18.7. The molecule has 0 saturated carbocycles. The first-order chi connectivity index (χ1) is 12.5. The van der Waals surface area contributed by atoms with Gasteiger partial charge in [0.1, 0.15) is 5.58 Å². The van der Waals surface area contributed by atoms with E-state index in [2.05, 4.69) is 5.32 Å². The van der Waals surface area contributed by atoms with E-state index in [1.807, 2.05) is 38.1 Å². The number of fused-ring (bicyclic) bond motifs is 1. The van der Waals surface area contributed by atoms with Gasteiger partial charge in [-0.1, -0.05) is 0 Å². The fourth-order valence-electron chi connectivity index (χ4n) is 2.77.